The molecule has 1 fully saturated rings. The zero-order chi connectivity index (χ0) is 19.3. The molecule has 1 saturated heterocycles. The molecule has 1 amide bonds. The number of ether oxygens (including phenoxy) is 3. The van der Waals surface area contributed by atoms with E-state index in [0.29, 0.717) is 24.7 Å². The van der Waals surface area contributed by atoms with Crippen molar-refractivity contribution in [1.29, 1.82) is 0 Å². The lowest BCUT2D eigenvalue weighted by Crippen LogP contribution is -2.35. The molecule has 2 aliphatic heterocycles. The zero-order valence-corrected chi connectivity index (χ0v) is 17.2. The highest BCUT2D eigenvalue weighted by Gasteiger charge is 2.17. The third kappa shape index (κ3) is 4.84. The van der Waals surface area contributed by atoms with Gasteiger partial charge in [0.25, 0.3) is 0 Å². The van der Waals surface area contributed by atoms with Crippen molar-refractivity contribution >= 4 is 27.5 Å². The number of amides is 1. The second-order valence-electron chi connectivity index (χ2n) is 6.90. The smallest absolute Gasteiger partial charge is 0.228 e. The normalized spacial score (nSPS) is 16.6. The summed E-state index contributed by atoms with van der Waals surface area (Å²) in [4.78, 5) is 14.9. The first-order chi connectivity index (χ1) is 13.7. The van der Waals surface area contributed by atoms with Crippen LogP contribution in [-0.2, 0) is 22.5 Å². The van der Waals surface area contributed by atoms with Crippen LogP contribution in [0.3, 0.4) is 0 Å². The van der Waals surface area contributed by atoms with Gasteiger partial charge in [-0.25, -0.2) is 0 Å². The van der Waals surface area contributed by atoms with Crippen molar-refractivity contribution in [3.8, 4) is 11.5 Å². The predicted molar refractivity (Wildman–Crippen MR) is 110 cm³/mol. The Labute approximate surface area is 172 Å². The summed E-state index contributed by atoms with van der Waals surface area (Å²) in [7, 11) is 0. The molecule has 0 radical (unpaired) electrons. The lowest BCUT2D eigenvalue weighted by atomic mass is 10.1. The highest BCUT2D eigenvalue weighted by molar-refractivity contribution is 9.10. The number of carbonyl (C=O) groups excluding carboxylic acids is 1. The minimum absolute atomic E-state index is 0.0686. The van der Waals surface area contributed by atoms with E-state index in [4.69, 9.17) is 14.2 Å². The molecular formula is C21H23BrN2O4. The topological polar surface area (TPSA) is 60.0 Å². The first-order valence-corrected chi connectivity index (χ1v) is 10.2. The Morgan fingerprint density at radius 1 is 1.04 bits per heavy atom. The summed E-state index contributed by atoms with van der Waals surface area (Å²) in [5.74, 6) is 1.32. The highest BCUT2D eigenvalue weighted by atomic mass is 79.9. The molecule has 28 heavy (non-hydrogen) atoms. The maximum absolute atomic E-state index is 12.6. The molecule has 4 rings (SSSR count). The minimum atomic E-state index is -0.0686. The van der Waals surface area contributed by atoms with Gasteiger partial charge in [0, 0.05) is 29.8 Å². The first-order valence-electron chi connectivity index (χ1n) is 9.44. The van der Waals surface area contributed by atoms with Crippen molar-refractivity contribution < 1.29 is 19.0 Å². The van der Waals surface area contributed by atoms with E-state index in [1.54, 1.807) is 0 Å². The summed E-state index contributed by atoms with van der Waals surface area (Å²) >= 11 is 3.52. The van der Waals surface area contributed by atoms with Gasteiger partial charge in [-0.3, -0.25) is 9.69 Å². The molecule has 0 aliphatic carbocycles. The third-order valence-electron chi connectivity index (χ3n) is 4.78. The van der Waals surface area contributed by atoms with Crippen LogP contribution < -0.4 is 14.8 Å². The summed E-state index contributed by atoms with van der Waals surface area (Å²) < 4.78 is 17.4. The molecule has 0 bridgehead atoms. The van der Waals surface area contributed by atoms with Crippen LogP contribution in [0.1, 0.15) is 11.1 Å². The van der Waals surface area contributed by atoms with E-state index in [0.717, 1.165) is 48.6 Å². The zero-order valence-electron chi connectivity index (χ0n) is 15.6. The third-order valence-corrected chi connectivity index (χ3v) is 5.52. The van der Waals surface area contributed by atoms with Crippen LogP contribution in [-0.4, -0.2) is 50.3 Å². The summed E-state index contributed by atoms with van der Waals surface area (Å²) in [6.07, 6.45) is 0.255. The fourth-order valence-electron chi connectivity index (χ4n) is 3.38. The number of anilines is 1. The van der Waals surface area contributed by atoms with Crippen molar-refractivity contribution in [1.82, 2.24) is 4.90 Å². The quantitative estimate of drug-likeness (QED) is 0.763. The van der Waals surface area contributed by atoms with Gasteiger partial charge in [0.05, 0.1) is 19.6 Å². The average Bonchev–Trinajstić information content (AvgIpc) is 2.69. The monoisotopic (exact) mass is 446 g/mol. The van der Waals surface area contributed by atoms with Crippen LogP contribution in [0, 0.1) is 0 Å². The average molecular weight is 447 g/mol. The van der Waals surface area contributed by atoms with E-state index >= 15 is 0 Å². The SMILES string of the molecule is O=C(Cc1cc2c(cc1Br)OCCO2)Nc1cccc(CN2CCOCC2)c1. The van der Waals surface area contributed by atoms with Gasteiger partial charge in [0.15, 0.2) is 11.5 Å². The molecule has 7 heteroatoms. The molecule has 0 aromatic heterocycles. The number of nitrogens with zero attached hydrogens (tertiary/aromatic N) is 1. The number of hydrogen-bond donors (Lipinski definition) is 1. The largest absolute Gasteiger partial charge is 0.486 e. The summed E-state index contributed by atoms with van der Waals surface area (Å²) in [5.41, 5.74) is 2.86. The summed E-state index contributed by atoms with van der Waals surface area (Å²) in [5, 5.41) is 3.00. The van der Waals surface area contributed by atoms with Gasteiger partial charge >= 0.3 is 0 Å². The van der Waals surface area contributed by atoms with Crippen LogP contribution in [0.2, 0.25) is 0 Å². The Morgan fingerprint density at radius 2 is 1.79 bits per heavy atom. The lowest BCUT2D eigenvalue weighted by molar-refractivity contribution is -0.115. The number of morpholine rings is 1. The molecule has 2 heterocycles. The first kappa shape index (κ1) is 19.2. The fourth-order valence-corrected chi connectivity index (χ4v) is 3.85. The van der Waals surface area contributed by atoms with Gasteiger partial charge in [-0.05, 0) is 35.4 Å². The number of hydrogen-bond acceptors (Lipinski definition) is 5. The van der Waals surface area contributed by atoms with Crippen molar-refractivity contribution in [2.45, 2.75) is 13.0 Å². The second-order valence-corrected chi connectivity index (χ2v) is 7.76. The summed E-state index contributed by atoms with van der Waals surface area (Å²) in [6, 6.07) is 11.7. The van der Waals surface area contributed by atoms with Gasteiger partial charge in [-0.15, -0.1) is 0 Å². The minimum Gasteiger partial charge on any atom is -0.486 e. The van der Waals surface area contributed by atoms with E-state index in [9.17, 15) is 4.79 Å². The molecule has 2 aromatic carbocycles. The lowest BCUT2D eigenvalue weighted by Gasteiger charge is -2.26. The molecule has 148 valence electrons. The van der Waals surface area contributed by atoms with Gasteiger partial charge < -0.3 is 19.5 Å². The van der Waals surface area contributed by atoms with E-state index in [1.807, 2.05) is 30.3 Å². The Balaban J connectivity index is 1.39. The number of halogens is 1. The molecule has 6 nitrogen and oxygen atoms in total. The molecule has 1 N–H and O–H groups in total. The molecular weight excluding hydrogens is 424 g/mol. The van der Waals surface area contributed by atoms with Crippen molar-refractivity contribution in [2.75, 3.05) is 44.8 Å². The van der Waals surface area contributed by atoms with Crippen LogP contribution in [0.15, 0.2) is 40.9 Å². The van der Waals surface area contributed by atoms with Gasteiger partial charge in [0.1, 0.15) is 13.2 Å². The Bertz CT molecular complexity index is 852. The predicted octanol–water partition coefficient (Wildman–Crippen LogP) is 3.23. The van der Waals surface area contributed by atoms with E-state index in [2.05, 4.69) is 32.2 Å². The fraction of sp³-hybridized carbons (Fsp3) is 0.381. The summed E-state index contributed by atoms with van der Waals surface area (Å²) in [6.45, 7) is 5.36. The Kier molecular flexibility index (Phi) is 6.14. The number of benzene rings is 2. The van der Waals surface area contributed by atoms with E-state index in [1.165, 1.54) is 5.56 Å². The van der Waals surface area contributed by atoms with Crippen LogP contribution in [0.4, 0.5) is 5.69 Å². The van der Waals surface area contributed by atoms with Gasteiger partial charge in [0.2, 0.25) is 5.91 Å². The van der Waals surface area contributed by atoms with E-state index in [-0.39, 0.29) is 12.3 Å². The number of nitrogens with one attached hydrogen (secondary N) is 1. The Hall–Kier alpha value is -2.09. The molecule has 2 aliphatic rings. The molecule has 0 spiro atoms. The van der Waals surface area contributed by atoms with Crippen LogP contribution >= 0.6 is 15.9 Å². The van der Waals surface area contributed by atoms with Crippen molar-refractivity contribution in [3.05, 3.63) is 52.0 Å². The van der Waals surface area contributed by atoms with Gasteiger partial charge in [-0.1, -0.05) is 28.1 Å². The maximum Gasteiger partial charge on any atom is 0.228 e. The van der Waals surface area contributed by atoms with Crippen LogP contribution in [0.25, 0.3) is 0 Å². The van der Waals surface area contributed by atoms with Crippen molar-refractivity contribution in [3.63, 3.8) is 0 Å². The Morgan fingerprint density at radius 3 is 2.57 bits per heavy atom. The molecule has 0 unspecified atom stereocenters. The number of fused-ring (bicyclic) bond motifs is 1. The van der Waals surface area contributed by atoms with Crippen LogP contribution in [0.5, 0.6) is 11.5 Å². The number of rotatable bonds is 5. The highest BCUT2D eigenvalue weighted by Crippen LogP contribution is 2.35. The molecule has 0 atom stereocenters. The van der Waals surface area contributed by atoms with Crippen molar-refractivity contribution in [2.24, 2.45) is 0 Å². The van der Waals surface area contributed by atoms with Gasteiger partial charge in [-0.2, -0.15) is 0 Å². The second kappa shape index (κ2) is 8.94. The molecule has 2 aromatic rings. The standard InChI is InChI=1S/C21H23BrN2O4/c22-18-13-20-19(27-8-9-28-20)11-16(18)12-21(25)23-17-3-1-2-15(10-17)14-24-4-6-26-7-5-24/h1-3,10-11,13H,4-9,12,14H2,(H,23,25). The maximum atomic E-state index is 12.6. The number of carbonyl (C=O) groups is 1. The van der Waals surface area contributed by atoms with E-state index < -0.39 is 0 Å². The molecule has 0 saturated carbocycles.